The molecule has 4 saturated heterocycles. The molecule has 4 saturated carbocycles. The van der Waals surface area contributed by atoms with E-state index < -0.39 is 128 Å². The molecule has 0 radical (unpaired) electrons. The molecule has 20 heteroatoms. The Morgan fingerprint density at radius 3 is 1.46 bits per heavy atom. The van der Waals surface area contributed by atoms with Crippen LogP contribution in [0.5, 0.6) is 0 Å². The lowest BCUT2D eigenvalue weighted by molar-refractivity contribution is -0.376. The van der Waals surface area contributed by atoms with Gasteiger partial charge in [0.1, 0.15) is 42.6 Å². The number of esters is 5. The molecule has 4 aliphatic heterocycles. The maximum Gasteiger partial charge on any atom is 0.338 e. The molecule has 0 bridgehead atoms. The van der Waals surface area contributed by atoms with Crippen LogP contribution in [0.4, 0.5) is 0 Å². The van der Waals surface area contributed by atoms with Crippen molar-refractivity contribution in [2.24, 2.45) is 87.8 Å². The number of rotatable bonds is 27. The molecule has 4 heterocycles. The molecule has 0 amide bonds. The van der Waals surface area contributed by atoms with Gasteiger partial charge in [0.2, 0.25) is 0 Å². The van der Waals surface area contributed by atoms with Gasteiger partial charge in [0.25, 0.3) is 0 Å². The number of benzene rings is 5. The van der Waals surface area contributed by atoms with Crippen LogP contribution in [0, 0.1) is 87.8 Å². The zero-order valence-corrected chi connectivity index (χ0v) is 68.7. The number of carbonyl (C=O) groups excluding carboxylic acids is 7. The second-order valence-corrected chi connectivity index (χ2v) is 35.0. The van der Waals surface area contributed by atoms with Crippen LogP contribution in [0.25, 0.3) is 0 Å². The fourth-order valence-corrected chi connectivity index (χ4v) is 20.9. The van der Waals surface area contributed by atoms with Gasteiger partial charge in [0, 0.05) is 48.3 Å². The van der Waals surface area contributed by atoms with Crippen molar-refractivity contribution < 1.29 is 95.1 Å². The Morgan fingerprint density at radius 1 is 0.447 bits per heavy atom. The second kappa shape index (κ2) is 37.0. The SMILES string of the molecule is CCC1O[C@@H](O[C@H]2C(COC(=O)c3ccccc3)O[C@@H](OC3CCC4(C)C(CCC5C4CCC4(C)C5CC(=O)C4[C@H](C)C(=O)CC[C@H](C)CO[C@@H]4OC(CC)[C@H](C)[C@H](OC(=O)c5ccccc5)C4OC(=O)c4ccccc4)C3)C(O[C@@H]3OC(C)[C@H](C)[C@@H](OC(=O)c4ccccc4)C3OC(=O)c3ccccc3)[C@H]2C)C(C)[C@@H](C)[C@H]1C. The predicted octanol–water partition coefficient (Wildman–Crippen LogP) is 16.9. The highest BCUT2D eigenvalue weighted by atomic mass is 16.8. The van der Waals surface area contributed by atoms with Crippen molar-refractivity contribution in [1.29, 1.82) is 0 Å². The van der Waals surface area contributed by atoms with E-state index in [1.54, 1.807) is 121 Å². The molecule has 30 atom stereocenters. The van der Waals surface area contributed by atoms with E-state index in [1.807, 2.05) is 78.8 Å². The van der Waals surface area contributed by atoms with Gasteiger partial charge in [0.05, 0.1) is 64.9 Å². The molecule has 20 nitrogen and oxygen atoms in total. The largest absolute Gasteiger partial charge is 0.459 e. The highest BCUT2D eigenvalue weighted by Crippen LogP contribution is 2.68. The highest BCUT2D eigenvalue weighted by Gasteiger charge is 2.65. The lowest BCUT2D eigenvalue weighted by atomic mass is 9.44. The number of hydrogen-bond donors (Lipinski definition) is 0. The minimum atomic E-state index is -1.34. The molecule has 8 fully saturated rings. The molecule has 8 aliphatic rings. The lowest BCUT2D eigenvalue weighted by Crippen LogP contribution is -2.63. The smallest absolute Gasteiger partial charge is 0.338 e. The van der Waals surface area contributed by atoms with E-state index in [9.17, 15) is 33.6 Å². The molecular formula is C94H120O20. The van der Waals surface area contributed by atoms with Crippen LogP contribution in [0.1, 0.15) is 219 Å². The predicted molar refractivity (Wildman–Crippen MR) is 424 cm³/mol. The molecule has 4 aliphatic carbocycles. The van der Waals surface area contributed by atoms with Crippen LogP contribution in [0.3, 0.4) is 0 Å². The van der Waals surface area contributed by atoms with Crippen molar-refractivity contribution in [2.45, 2.75) is 259 Å². The van der Waals surface area contributed by atoms with Crippen molar-refractivity contribution in [3.63, 3.8) is 0 Å². The standard InChI is InChI=1S/C94H120O20/c1-14-74-55(5)54(4)56(6)89(106-74)113-78-60(10)81(114-92-83(112-88(101)66-39-29-20-30-40-66)79(57(7)61(11)104-92)109-85(98)63-33-23-17-24-34-63)91(108-76(78)52-102-84(97)62-31-21-16-22-32-62)105-68-45-47-93(12)67(49-68)42-43-69-70(93)46-48-94(13)71(69)50-73(96)77(94)58(8)72(95)44-41-53(3)51-103-90-82(111-87(100)65-37-27-19-28-38-65)80(59(9)75(15-2)107-90)110-86(99)64-35-25-18-26-36-64/h16-40,53-61,67-71,74-83,89-92H,14-15,41-52H2,1-13H3/t53-,54-,55+,56?,57-,58+,59-,60-,61?,67?,68?,69?,70?,71?,74?,75?,76?,77?,78+,79+,80-,81?,82?,83?,89-,90+,91+,92-,93?,94?/m0/s1. The van der Waals surface area contributed by atoms with Gasteiger partial charge in [-0.1, -0.05) is 174 Å². The van der Waals surface area contributed by atoms with E-state index in [0.29, 0.717) is 53.9 Å². The second-order valence-electron chi connectivity index (χ2n) is 35.0. The summed E-state index contributed by atoms with van der Waals surface area (Å²) in [4.78, 5) is 99.6. The van der Waals surface area contributed by atoms with Crippen LogP contribution in [0.15, 0.2) is 152 Å². The van der Waals surface area contributed by atoms with Crippen molar-refractivity contribution in [3.05, 3.63) is 179 Å². The van der Waals surface area contributed by atoms with Gasteiger partial charge in [-0.3, -0.25) is 9.59 Å². The zero-order chi connectivity index (χ0) is 80.9. The topological polar surface area (TPSA) is 239 Å². The van der Waals surface area contributed by atoms with Gasteiger partial charge in [-0.05, 0) is 184 Å². The minimum Gasteiger partial charge on any atom is -0.459 e. The molecule has 5 aromatic rings. The van der Waals surface area contributed by atoms with Gasteiger partial charge >= 0.3 is 29.8 Å². The normalized spacial score (nSPS) is 37.1. The van der Waals surface area contributed by atoms with E-state index in [0.717, 1.165) is 44.9 Å². The minimum absolute atomic E-state index is 0.0497. The Morgan fingerprint density at radius 2 is 0.912 bits per heavy atom. The fraction of sp³-hybridized carbons (Fsp3) is 0.606. The molecule has 0 spiro atoms. The van der Waals surface area contributed by atoms with E-state index in [1.165, 1.54) is 0 Å². The summed E-state index contributed by atoms with van der Waals surface area (Å²) in [5, 5.41) is 0. The van der Waals surface area contributed by atoms with E-state index >= 15 is 0 Å². The first-order chi connectivity index (χ1) is 54.8. The summed E-state index contributed by atoms with van der Waals surface area (Å²) in [5.41, 5.74) is 1.23. The molecule has 114 heavy (non-hydrogen) atoms. The van der Waals surface area contributed by atoms with Gasteiger partial charge < -0.3 is 61.6 Å². The van der Waals surface area contributed by atoms with Crippen LogP contribution in [-0.4, -0.2) is 147 Å². The summed E-state index contributed by atoms with van der Waals surface area (Å²) in [6.45, 7) is 27.1. The van der Waals surface area contributed by atoms with Crippen LogP contribution in [0.2, 0.25) is 0 Å². The number of ether oxygens (including phenoxy) is 13. The van der Waals surface area contributed by atoms with Gasteiger partial charge in [-0.25, -0.2) is 24.0 Å². The van der Waals surface area contributed by atoms with Gasteiger partial charge in [-0.2, -0.15) is 0 Å². The van der Waals surface area contributed by atoms with Crippen molar-refractivity contribution in [1.82, 2.24) is 0 Å². The van der Waals surface area contributed by atoms with E-state index in [2.05, 4.69) is 41.5 Å². The summed E-state index contributed by atoms with van der Waals surface area (Å²) in [7, 11) is 0. The third-order valence-corrected chi connectivity index (χ3v) is 28.3. The first-order valence-corrected chi connectivity index (χ1v) is 42.3. The quantitative estimate of drug-likeness (QED) is 0.0270. The number of Topliss-reactive ketones (excluding diaryl/α,β-unsaturated/α-hetero) is 2. The van der Waals surface area contributed by atoms with Gasteiger partial charge in [0.15, 0.2) is 37.4 Å². The number of carbonyl (C=O) groups is 7. The first-order valence-electron chi connectivity index (χ1n) is 42.3. The number of hydrogen-bond acceptors (Lipinski definition) is 20. The Balaban J connectivity index is 0.710. The average Bonchev–Trinajstić information content (AvgIpc) is 1.22. The fourth-order valence-electron chi connectivity index (χ4n) is 20.9. The van der Waals surface area contributed by atoms with E-state index in [4.69, 9.17) is 61.6 Å². The third kappa shape index (κ3) is 18.1. The monoisotopic (exact) mass is 1570 g/mol. The Labute approximate surface area is 673 Å². The molecule has 16 unspecified atom stereocenters. The lowest BCUT2D eigenvalue weighted by Gasteiger charge is -2.61. The Hall–Kier alpha value is -7.53. The van der Waals surface area contributed by atoms with Crippen molar-refractivity contribution in [3.8, 4) is 0 Å². The molecule has 0 N–H and O–H groups in total. The molecule has 5 aromatic carbocycles. The average molecular weight is 1570 g/mol. The molecule has 0 aromatic heterocycles. The van der Waals surface area contributed by atoms with Crippen molar-refractivity contribution >= 4 is 41.4 Å². The highest BCUT2D eigenvalue weighted by molar-refractivity contribution is 5.93. The van der Waals surface area contributed by atoms with E-state index in [-0.39, 0.29) is 113 Å². The Bertz CT molecular complexity index is 4050. The molecule has 616 valence electrons. The molecule has 13 rings (SSSR count). The van der Waals surface area contributed by atoms with Crippen molar-refractivity contribution in [2.75, 3.05) is 13.2 Å². The number of fused-ring (bicyclic) bond motifs is 5. The first kappa shape index (κ1) is 84.4. The number of ketones is 2. The third-order valence-electron chi connectivity index (χ3n) is 28.3. The summed E-state index contributed by atoms with van der Waals surface area (Å²) in [5.74, 6) is -3.76. The van der Waals surface area contributed by atoms with Crippen LogP contribution >= 0.6 is 0 Å². The zero-order valence-electron chi connectivity index (χ0n) is 68.7. The summed E-state index contributed by atoms with van der Waals surface area (Å²) in [6, 6.07) is 43.5. The maximum absolute atomic E-state index is 14.8. The maximum atomic E-state index is 14.8. The summed E-state index contributed by atoms with van der Waals surface area (Å²) < 4.78 is 87.9. The summed E-state index contributed by atoms with van der Waals surface area (Å²) in [6.07, 6.45) is -4.22. The van der Waals surface area contributed by atoms with Gasteiger partial charge in [-0.15, -0.1) is 0 Å². The molecular weight excluding hydrogens is 1450 g/mol. The van der Waals surface area contributed by atoms with Crippen LogP contribution in [-0.2, 0) is 71.2 Å². The summed E-state index contributed by atoms with van der Waals surface area (Å²) >= 11 is 0. The van der Waals surface area contributed by atoms with Crippen LogP contribution < -0.4 is 0 Å². The Kier molecular flexibility index (Phi) is 27.4.